The predicted octanol–water partition coefficient (Wildman–Crippen LogP) is 2.03. The van der Waals surface area contributed by atoms with Crippen LogP contribution in [-0.2, 0) is 22.5 Å². The number of nitrogen functional groups attached to an aromatic ring is 1. The Morgan fingerprint density at radius 1 is 1.29 bits per heavy atom. The average molecular weight is 387 g/mol. The molecule has 152 valence electrons. The molecule has 2 heterocycles. The molecule has 28 heavy (non-hydrogen) atoms. The van der Waals surface area contributed by atoms with Crippen LogP contribution in [0.5, 0.6) is 0 Å². The topological polar surface area (TPSA) is 97.7 Å². The molecular weight excluding hydrogens is 358 g/mol. The fourth-order valence-corrected chi connectivity index (χ4v) is 3.33. The summed E-state index contributed by atoms with van der Waals surface area (Å²) in [6.07, 6.45) is 0.987. The van der Waals surface area contributed by atoms with E-state index in [-0.39, 0.29) is 12.0 Å². The van der Waals surface area contributed by atoms with Gasteiger partial charge in [-0.1, -0.05) is 23.4 Å². The second kappa shape index (κ2) is 9.66. The summed E-state index contributed by atoms with van der Waals surface area (Å²) in [7, 11) is 0. The van der Waals surface area contributed by atoms with Crippen LogP contribution in [0.25, 0.3) is 0 Å². The van der Waals surface area contributed by atoms with Gasteiger partial charge in [-0.05, 0) is 31.9 Å². The number of rotatable bonds is 8. The zero-order chi connectivity index (χ0) is 19.9. The summed E-state index contributed by atoms with van der Waals surface area (Å²) < 4.78 is 10.8. The van der Waals surface area contributed by atoms with E-state index in [4.69, 9.17) is 15.0 Å². The first-order chi connectivity index (χ1) is 13.6. The molecule has 1 aliphatic heterocycles. The number of piperazine rings is 1. The number of aromatic nitrogens is 2. The highest BCUT2D eigenvalue weighted by molar-refractivity contribution is 5.76. The fourth-order valence-electron chi connectivity index (χ4n) is 3.33. The van der Waals surface area contributed by atoms with Crippen LogP contribution in [0.15, 0.2) is 28.8 Å². The van der Waals surface area contributed by atoms with E-state index in [1.54, 1.807) is 0 Å². The van der Waals surface area contributed by atoms with Crippen LogP contribution >= 0.6 is 0 Å². The van der Waals surface area contributed by atoms with E-state index in [0.717, 1.165) is 24.3 Å². The van der Waals surface area contributed by atoms with Crippen molar-refractivity contribution in [3.63, 3.8) is 0 Å². The third-order valence-corrected chi connectivity index (χ3v) is 5.01. The molecule has 0 aliphatic carbocycles. The Kier molecular flexibility index (Phi) is 7.00. The van der Waals surface area contributed by atoms with Gasteiger partial charge in [0.05, 0.1) is 6.54 Å². The molecule has 1 aliphatic rings. The number of amides is 1. The van der Waals surface area contributed by atoms with Gasteiger partial charge in [-0.15, -0.1) is 0 Å². The van der Waals surface area contributed by atoms with Crippen molar-refractivity contribution in [1.82, 2.24) is 19.9 Å². The number of ether oxygens (including phenoxy) is 1. The van der Waals surface area contributed by atoms with Gasteiger partial charge < -0.3 is 19.9 Å². The number of carbonyl (C=O) groups is 1. The molecule has 0 bridgehead atoms. The second-order valence-corrected chi connectivity index (χ2v) is 7.00. The first-order valence-electron chi connectivity index (χ1n) is 9.84. The third kappa shape index (κ3) is 5.30. The summed E-state index contributed by atoms with van der Waals surface area (Å²) >= 11 is 0. The standard InChI is InChI=1S/C20H29N5O3/c1-3-27-15(2)20-22-18(28-23-20)14-24-10-12-25(13-11-24)19(26)9-8-16-6-4-5-7-17(16)21/h4-7,15H,3,8-14,21H2,1-2H3. The Morgan fingerprint density at radius 3 is 2.75 bits per heavy atom. The van der Waals surface area contributed by atoms with Crippen LogP contribution in [0, 0.1) is 0 Å². The van der Waals surface area contributed by atoms with Gasteiger partial charge in [0.1, 0.15) is 6.10 Å². The van der Waals surface area contributed by atoms with Crippen molar-refractivity contribution in [3.8, 4) is 0 Å². The number of aryl methyl sites for hydroxylation is 1. The monoisotopic (exact) mass is 387 g/mol. The van der Waals surface area contributed by atoms with Crippen molar-refractivity contribution in [2.24, 2.45) is 0 Å². The number of nitrogens with zero attached hydrogens (tertiary/aromatic N) is 4. The number of para-hydroxylation sites is 1. The highest BCUT2D eigenvalue weighted by atomic mass is 16.5. The zero-order valence-corrected chi connectivity index (χ0v) is 16.6. The summed E-state index contributed by atoms with van der Waals surface area (Å²) in [6, 6.07) is 7.71. The minimum absolute atomic E-state index is 0.171. The summed E-state index contributed by atoms with van der Waals surface area (Å²) in [4.78, 5) is 21.1. The Labute approximate surface area is 165 Å². The minimum Gasteiger partial charge on any atom is -0.399 e. The molecule has 8 heteroatoms. The van der Waals surface area contributed by atoms with Crippen molar-refractivity contribution in [2.45, 2.75) is 39.3 Å². The Balaban J connectivity index is 1.43. The highest BCUT2D eigenvalue weighted by Crippen LogP contribution is 2.16. The summed E-state index contributed by atoms with van der Waals surface area (Å²) in [6.45, 7) is 8.04. The second-order valence-electron chi connectivity index (χ2n) is 7.00. The lowest BCUT2D eigenvalue weighted by Crippen LogP contribution is -2.48. The van der Waals surface area contributed by atoms with Crippen molar-refractivity contribution >= 4 is 11.6 Å². The van der Waals surface area contributed by atoms with Gasteiger partial charge in [-0.25, -0.2) is 0 Å². The normalized spacial score (nSPS) is 16.3. The molecule has 0 spiro atoms. The van der Waals surface area contributed by atoms with Crippen LogP contribution in [0.1, 0.15) is 43.7 Å². The van der Waals surface area contributed by atoms with E-state index in [0.29, 0.717) is 50.8 Å². The first kappa shape index (κ1) is 20.3. The Hall–Kier alpha value is -2.45. The molecule has 1 amide bonds. The van der Waals surface area contributed by atoms with E-state index in [9.17, 15) is 4.79 Å². The number of hydrogen-bond acceptors (Lipinski definition) is 7. The van der Waals surface area contributed by atoms with Gasteiger partial charge in [0.2, 0.25) is 11.8 Å². The molecule has 1 saturated heterocycles. The van der Waals surface area contributed by atoms with E-state index in [1.165, 1.54) is 0 Å². The lowest BCUT2D eigenvalue weighted by atomic mass is 10.1. The minimum atomic E-state index is -0.171. The van der Waals surface area contributed by atoms with Crippen molar-refractivity contribution < 1.29 is 14.1 Å². The first-order valence-corrected chi connectivity index (χ1v) is 9.84. The largest absolute Gasteiger partial charge is 0.399 e. The van der Waals surface area contributed by atoms with Gasteiger partial charge >= 0.3 is 0 Å². The predicted molar refractivity (Wildman–Crippen MR) is 105 cm³/mol. The summed E-state index contributed by atoms with van der Waals surface area (Å²) in [5, 5.41) is 3.99. The quantitative estimate of drug-likeness (QED) is 0.692. The molecule has 1 atom stereocenters. The van der Waals surface area contributed by atoms with Gasteiger partial charge in [0.15, 0.2) is 5.82 Å². The third-order valence-electron chi connectivity index (χ3n) is 5.01. The molecule has 1 unspecified atom stereocenters. The maximum atomic E-state index is 12.5. The van der Waals surface area contributed by atoms with E-state index >= 15 is 0 Å². The molecule has 2 aromatic rings. The van der Waals surface area contributed by atoms with Crippen molar-refractivity contribution in [2.75, 3.05) is 38.5 Å². The Morgan fingerprint density at radius 2 is 2.04 bits per heavy atom. The van der Waals surface area contributed by atoms with Crippen LogP contribution in [0.2, 0.25) is 0 Å². The van der Waals surface area contributed by atoms with Gasteiger partial charge in [0.25, 0.3) is 0 Å². The van der Waals surface area contributed by atoms with Crippen LogP contribution in [0.4, 0.5) is 5.69 Å². The number of nitrogens with two attached hydrogens (primary N) is 1. The molecule has 1 aromatic carbocycles. The maximum Gasteiger partial charge on any atom is 0.240 e. The highest BCUT2D eigenvalue weighted by Gasteiger charge is 2.23. The van der Waals surface area contributed by atoms with Crippen LogP contribution < -0.4 is 5.73 Å². The molecule has 1 aromatic heterocycles. The lowest BCUT2D eigenvalue weighted by Gasteiger charge is -2.34. The number of benzene rings is 1. The zero-order valence-electron chi connectivity index (χ0n) is 16.6. The van der Waals surface area contributed by atoms with Crippen LogP contribution in [-0.4, -0.2) is 58.6 Å². The smallest absolute Gasteiger partial charge is 0.240 e. The molecule has 2 N–H and O–H groups in total. The number of anilines is 1. The molecular formula is C20H29N5O3. The molecule has 8 nitrogen and oxygen atoms in total. The van der Waals surface area contributed by atoms with Gasteiger partial charge in [-0.3, -0.25) is 9.69 Å². The van der Waals surface area contributed by atoms with E-state index in [1.807, 2.05) is 43.0 Å². The maximum absolute atomic E-state index is 12.5. The fraction of sp³-hybridized carbons (Fsp3) is 0.550. The SMILES string of the molecule is CCOC(C)c1noc(CN2CCN(C(=O)CCc3ccccc3N)CC2)n1. The van der Waals surface area contributed by atoms with Crippen molar-refractivity contribution in [1.29, 1.82) is 0 Å². The molecule has 0 radical (unpaired) electrons. The summed E-state index contributed by atoms with van der Waals surface area (Å²) in [5.74, 6) is 1.33. The summed E-state index contributed by atoms with van der Waals surface area (Å²) in [5.41, 5.74) is 7.73. The lowest BCUT2D eigenvalue weighted by molar-refractivity contribution is -0.133. The number of carbonyl (C=O) groups excluding carboxylic acids is 1. The molecule has 0 saturated carbocycles. The molecule has 1 fully saturated rings. The van der Waals surface area contributed by atoms with E-state index < -0.39 is 0 Å². The molecule has 3 rings (SSSR count). The van der Waals surface area contributed by atoms with Gasteiger partial charge in [0, 0.05) is 44.9 Å². The Bertz CT molecular complexity index is 771. The van der Waals surface area contributed by atoms with E-state index in [2.05, 4.69) is 15.0 Å². The van der Waals surface area contributed by atoms with Crippen LogP contribution in [0.3, 0.4) is 0 Å². The average Bonchev–Trinajstić information content (AvgIpc) is 3.16. The number of hydrogen-bond donors (Lipinski definition) is 1. The van der Waals surface area contributed by atoms with Gasteiger partial charge in [-0.2, -0.15) is 4.98 Å². The van der Waals surface area contributed by atoms with Crippen molar-refractivity contribution in [3.05, 3.63) is 41.5 Å².